The molecule has 4 nitrogen and oxygen atoms in total. The molecule has 2 aromatic rings. The zero-order valence-corrected chi connectivity index (χ0v) is 13.2. The normalized spacial score (nSPS) is 17.6. The number of carbonyl (C=O) groups excluding carboxylic acids is 1. The number of hydrogen-bond acceptors (Lipinski definition) is 4. The fraction of sp³-hybridized carbons (Fsp3) is 0.375. The Morgan fingerprint density at radius 2 is 2.32 bits per heavy atom. The summed E-state index contributed by atoms with van der Waals surface area (Å²) in [4.78, 5) is 17.4. The maximum absolute atomic E-state index is 13.7. The average molecular weight is 319 g/mol. The van der Waals surface area contributed by atoms with E-state index in [1.165, 1.54) is 17.4 Å². The molecule has 6 heteroatoms. The van der Waals surface area contributed by atoms with Crippen LogP contribution >= 0.6 is 11.3 Å². The lowest BCUT2D eigenvalue weighted by atomic mass is 10.1. The van der Waals surface area contributed by atoms with Gasteiger partial charge >= 0.3 is 0 Å². The predicted molar refractivity (Wildman–Crippen MR) is 85.7 cm³/mol. The fourth-order valence-electron chi connectivity index (χ4n) is 2.56. The van der Waals surface area contributed by atoms with Crippen molar-refractivity contribution in [2.75, 3.05) is 11.9 Å². The molecule has 3 rings (SSSR count). The number of nitrogens with zero attached hydrogens (tertiary/aromatic N) is 1. The molecule has 0 radical (unpaired) electrons. The number of nitrogens with one attached hydrogen (secondary N) is 2. The summed E-state index contributed by atoms with van der Waals surface area (Å²) in [7, 11) is 0. The number of benzene rings is 1. The van der Waals surface area contributed by atoms with Crippen LogP contribution in [0, 0.1) is 12.7 Å². The highest BCUT2D eigenvalue weighted by Crippen LogP contribution is 2.26. The minimum Gasteiger partial charge on any atom is -0.306 e. The lowest BCUT2D eigenvalue weighted by Gasteiger charge is -2.08. The smallest absolute Gasteiger partial charge is 0.243 e. The maximum Gasteiger partial charge on any atom is 0.243 e. The van der Waals surface area contributed by atoms with Gasteiger partial charge < -0.3 is 10.6 Å². The summed E-state index contributed by atoms with van der Waals surface area (Å²) >= 11 is 1.41. The molecule has 0 bridgehead atoms. The molecule has 1 aliphatic heterocycles. The molecule has 0 aliphatic carbocycles. The van der Waals surface area contributed by atoms with E-state index in [-0.39, 0.29) is 17.8 Å². The highest BCUT2D eigenvalue weighted by molar-refractivity contribution is 7.15. The minimum atomic E-state index is -0.212. The first-order valence-corrected chi connectivity index (χ1v) is 8.19. The Morgan fingerprint density at radius 1 is 1.50 bits per heavy atom. The molecule has 1 atom stereocenters. The molecule has 1 saturated heterocycles. The zero-order chi connectivity index (χ0) is 15.5. The van der Waals surface area contributed by atoms with E-state index in [0.29, 0.717) is 17.1 Å². The molecule has 1 fully saturated rings. The topological polar surface area (TPSA) is 54.0 Å². The highest BCUT2D eigenvalue weighted by atomic mass is 32.1. The van der Waals surface area contributed by atoms with Crippen LogP contribution < -0.4 is 10.6 Å². The average Bonchev–Trinajstić information content (AvgIpc) is 3.12. The van der Waals surface area contributed by atoms with Crippen LogP contribution in [0.3, 0.4) is 0 Å². The second-order valence-corrected chi connectivity index (χ2v) is 6.52. The highest BCUT2D eigenvalue weighted by Gasteiger charge is 2.23. The van der Waals surface area contributed by atoms with Crippen molar-refractivity contribution in [2.45, 2.75) is 32.2 Å². The Kier molecular flexibility index (Phi) is 4.49. The molecule has 22 heavy (non-hydrogen) atoms. The SMILES string of the molecule is Cc1nc(NC(=O)C2CCCN2)sc1Cc1ccccc1F. The van der Waals surface area contributed by atoms with E-state index >= 15 is 0 Å². The number of carbonyl (C=O) groups is 1. The van der Waals surface area contributed by atoms with E-state index in [9.17, 15) is 9.18 Å². The third-order valence-electron chi connectivity index (χ3n) is 3.81. The summed E-state index contributed by atoms with van der Waals surface area (Å²) in [6, 6.07) is 6.61. The van der Waals surface area contributed by atoms with Gasteiger partial charge in [-0.1, -0.05) is 18.2 Å². The van der Waals surface area contributed by atoms with E-state index in [4.69, 9.17) is 0 Å². The van der Waals surface area contributed by atoms with Gasteiger partial charge in [0.25, 0.3) is 0 Å². The van der Waals surface area contributed by atoms with Gasteiger partial charge in [0.1, 0.15) is 5.82 Å². The second-order valence-electron chi connectivity index (χ2n) is 5.43. The molecule has 116 valence electrons. The number of thiazole rings is 1. The van der Waals surface area contributed by atoms with Crippen LogP contribution in [0.2, 0.25) is 0 Å². The molecule has 1 amide bonds. The Morgan fingerprint density at radius 3 is 3.05 bits per heavy atom. The number of aryl methyl sites for hydroxylation is 1. The van der Waals surface area contributed by atoms with Crippen molar-refractivity contribution in [1.82, 2.24) is 10.3 Å². The van der Waals surface area contributed by atoms with Gasteiger partial charge in [-0.3, -0.25) is 4.79 Å². The van der Waals surface area contributed by atoms with Crippen molar-refractivity contribution >= 4 is 22.4 Å². The van der Waals surface area contributed by atoms with Gasteiger partial charge in [-0.15, -0.1) is 11.3 Å². The number of amides is 1. The van der Waals surface area contributed by atoms with Gasteiger partial charge in [0.15, 0.2) is 5.13 Å². The third kappa shape index (κ3) is 3.34. The van der Waals surface area contributed by atoms with E-state index in [1.54, 1.807) is 12.1 Å². The van der Waals surface area contributed by atoms with Gasteiger partial charge in [0.05, 0.1) is 11.7 Å². The molecule has 1 aliphatic rings. The lowest BCUT2D eigenvalue weighted by molar-refractivity contribution is -0.117. The van der Waals surface area contributed by atoms with Crippen LogP contribution in [0.4, 0.5) is 9.52 Å². The standard InChI is InChI=1S/C16H18FN3OS/c1-10-14(9-11-5-2-3-6-12(11)17)22-16(19-10)20-15(21)13-7-4-8-18-13/h2-3,5-6,13,18H,4,7-9H2,1H3,(H,19,20,21). The molecule has 1 aromatic carbocycles. The van der Waals surface area contributed by atoms with Crippen molar-refractivity contribution in [3.63, 3.8) is 0 Å². The molecule has 0 saturated carbocycles. The zero-order valence-electron chi connectivity index (χ0n) is 12.4. The number of anilines is 1. The van der Waals surface area contributed by atoms with E-state index in [1.807, 2.05) is 13.0 Å². The summed E-state index contributed by atoms with van der Waals surface area (Å²) in [6.07, 6.45) is 2.37. The lowest BCUT2D eigenvalue weighted by Crippen LogP contribution is -2.35. The van der Waals surface area contributed by atoms with Crippen molar-refractivity contribution in [3.8, 4) is 0 Å². The molecule has 1 aromatic heterocycles. The fourth-order valence-corrected chi connectivity index (χ4v) is 3.55. The number of aromatic nitrogens is 1. The van der Waals surface area contributed by atoms with Gasteiger partial charge in [0, 0.05) is 11.3 Å². The maximum atomic E-state index is 13.7. The van der Waals surface area contributed by atoms with Crippen LogP contribution in [0.5, 0.6) is 0 Å². The molecule has 2 N–H and O–H groups in total. The summed E-state index contributed by atoms with van der Waals surface area (Å²) in [6.45, 7) is 2.77. The summed E-state index contributed by atoms with van der Waals surface area (Å²) in [5, 5.41) is 6.60. The molecular weight excluding hydrogens is 301 g/mol. The van der Waals surface area contributed by atoms with E-state index < -0.39 is 0 Å². The van der Waals surface area contributed by atoms with Crippen LogP contribution in [0.15, 0.2) is 24.3 Å². The van der Waals surface area contributed by atoms with Gasteiger partial charge in [-0.25, -0.2) is 9.37 Å². The van der Waals surface area contributed by atoms with E-state index in [0.717, 1.165) is 30.0 Å². The molecule has 0 spiro atoms. The van der Waals surface area contributed by atoms with Gasteiger partial charge in [-0.2, -0.15) is 0 Å². The Hall–Kier alpha value is -1.79. The van der Waals surface area contributed by atoms with Gasteiger partial charge in [-0.05, 0) is 37.9 Å². The summed E-state index contributed by atoms with van der Waals surface area (Å²) in [5.41, 5.74) is 1.48. The van der Waals surface area contributed by atoms with Crippen LogP contribution in [-0.2, 0) is 11.2 Å². The minimum absolute atomic E-state index is 0.0382. The predicted octanol–water partition coefficient (Wildman–Crippen LogP) is 2.87. The van der Waals surface area contributed by atoms with Gasteiger partial charge in [0.2, 0.25) is 5.91 Å². The number of halogens is 1. The van der Waals surface area contributed by atoms with Crippen molar-refractivity contribution < 1.29 is 9.18 Å². The summed E-state index contributed by atoms with van der Waals surface area (Å²) in [5.74, 6) is -0.250. The first-order valence-electron chi connectivity index (χ1n) is 7.37. The van der Waals surface area contributed by atoms with Crippen molar-refractivity contribution in [2.24, 2.45) is 0 Å². The number of rotatable bonds is 4. The quantitative estimate of drug-likeness (QED) is 0.911. The van der Waals surface area contributed by atoms with E-state index in [2.05, 4.69) is 15.6 Å². The summed E-state index contributed by atoms with van der Waals surface area (Å²) < 4.78 is 13.7. The largest absolute Gasteiger partial charge is 0.306 e. The second kappa shape index (κ2) is 6.54. The van der Waals surface area contributed by atoms with Crippen molar-refractivity contribution in [3.05, 3.63) is 46.2 Å². The first-order chi connectivity index (χ1) is 10.6. The molecular formula is C16H18FN3OS. The number of hydrogen-bond donors (Lipinski definition) is 2. The third-order valence-corrected chi connectivity index (χ3v) is 4.88. The van der Waals surface area contributed by atoms with Crippen LogP contribution in [0.1, 0.15) is 29.0 Å². The Labute approximate surface area is 132 Å². The van der Waals surface area contributed by atoms with Crippen LogP contribution in [0.25, 0.3) is 0 Å². The monoisotopic (exact) mass is 319 g/mol. The molecule has 2 heterocycles. The Bertz CT molecular complexity index is 680. The Balaban J connectivity index is 1.71. The first kappa shape index (κ1) is 15.1. The molecule has 1 unspecified atom stereocenters. The van der Waals surface area contributed by atoms with Crippen LogP contribution in [-0.4, -0.2) is 23.5 Å². The van der Waals surface area contributed by atoms with Crippen molar-refractivity contribution in [1.29, 1.82) is 0 Å².